The molecule has 7 nitrogen and oxygen atoms in total. The molecule has 0 amide bonds. The van der Waals surface area contributed by atoms with Gasteiger partial charge in [0, 0.05) is 17.8 Å². The van der Waals surface area contributed by atoms with E-state index in [1.54, 1.807) is 24.3 Å². The van der Waals surface area contributed by atoms with Gasteiger partial charge in [0.05, 0.1) is 31.1 Å². The summed E-state index contributed by atoms with van der Waals surface area (Å²) in [6.07, 6.45) is 1.43. The number of ether oxygens (including phenoxy) is 2. The van der Waals surface area contributed by atoms with E-state index >= 15 is 0 Å². The summed E-state index contributed by atoms with van der Waals surface area (Å²) in [5.41, 5.74) is 1.10. The van der Waals surface area contributed by atoms with Gasteiger partial charge in [-0.2, -0.15) is 10.1 Å². The van der Waals surface area contributed by atoms with Gasteiger partial charge in [-0.15, -0.1) is 5.10 Å². The summed E-state index contributed by atoms with van der Waals surface area (Å²) in [4.78, 5) is 4.30. The molecule has 134 valence electrons. The minimum atomic E-state index is -0.353. The number of anilines is 4. The number of nitrogens with one attached hydrogen (secondary N) is 2. The molecule has 1 heterocycles. The molecule has 0 bridgehead atoms. The fourth-order valence-electron chi connectivity index (χ4n) is 2.21. The van der Waals surface area contributed by atoms with E-state index in [4.69, 9.17) is 21.1 Å². The highest BCUT2D eigenvalue weighted by molar-refractivity contribution is 6.32. The Hall–Kier alpha value is -3.13. The molecule has 0 fully saturated rings. The molecule has 3 aromatic rings. The number of methoxy groups -OCH3 is 2. The average Bonchev–Trinajstić information content (AvgIpc) is 2.63. The first-order chi connectivity index (χ1) is 12.6. The second kappa shape index (κ2) is 7.83. The van der Waals surface area contributed by atoms with Gasteiger partial charge in [0.1, 0.15) is 17.3 Å². The minimum Gasteiger partial charge on any atom is -0.495 e. The number of aromatic nitrogens is 3. The van der Waals surface area contributed by atoms with Gasteiger partial charge in [0.2, 0.25) is 5.95 Å². The molecule has 9 heteroatoms. The van der Waals surface area contributed by atoms with Crippen molar-refractivity contribution in [2.75, 3.05) is 24.9 Å². The zero-order valence-electron chi connectivity index (χ0n) is 14.0. The van der Waals surface area contributed by atoms with E-state index in [1.165, 1.54) is 32.5 Å². The monoisotopic (exact) mass is 375 g/mol. The average molecular weight is 376 g/mol. The van der Waals surface area contributed by atoms with Crippen LogP contribution in [0.3, 0.4) is 0 Å². The zero-order valence-corrected chi connectivity index (χ0v) is 14.7. The van der Waals surface area contributed by atoms with Crippen molar-refractivity contribution in [2.24, 2.45) is 0 Å². The van der Waals surface area contributed by atoms with Crippen LogP contribution in [0.2, 0.25) is 5.02 Å². The van der Waals surface area contributed by atoms with Gasteiger partial charge in [0.25, 0.3) is 0 Å². The smallest absolute Gasteiger partial charge is 0.249 e. The van der Waals surface area contributed by atoms with Crippen molar-refractivity contribution in [1.29, 1.82) is 0 Å². The lowest BCUT2D eigenvalue weighted by Crippen LogP contribution is -2.04. The Balaban J connectivity index is 1.85. The number of halogens is 2. The number of hydrogen-bond donors (Lipinski definition) is 2. The van der Waals surface area contributed by atoms with Crippen molar-refractivity contribution in [2.45, 2.75) is 0 Å². The van der Waals surface area contributed by atoms with E-state index in [1.807, 2.05) is 0 Å². The summed E-state index contributed by atoms with van der Waals surface area (Å²) in [5, 5.41) is 14.2. The highest BCUT2D eigenvalue weighted by Crippen LogP contribution is 2.36. The van der Waals surface area contributed by atoms with Crippen LogP contribution in [-0.4, -0.2) is 29.4 Å². The molecule has 0 aliphatic heterocycles. The van der Waals surface area contributed by atoms with Crippen LogP contribution in [0.25, 0.3) is 0 Å². The van der Waals surface area contributed by atoms with Gasteiger partial charge < -0.3 is 20.1 Å². The van der Waals surface area contributed by atoms with E-state index in [9.17, 15) is 4.39 Å². The standard InChI is InChI=1S/C17H15ClFN5O2/c1-25-14-8-13(15(26-2)7-12(14)18)22-17-23-16(9-20-24-17)21-11-5-3-4-10(19)6-11/h3-9H,1-2H3,(H2,21,22,23,24). The summed E-state index contributed by atoms with van der Waals surface area (Å²) in [7, 11) is 3.03. The maximum Gasteiger partial charge on any atom is 0.249 e. The van der Waals surface area contributed by atoms with Crippen LogP contribution in [0, 0.1) is 5.82 Å². The molecule has 3 rings (SSSR count). The summed E-state index contributed by atoms with van der Waals surface area (Å²) >= 11 is 6.09. The third-order valence-electron chi connectivity index (χ3n) is 3.38. The molecule has 0 atom stereocenters. The molecule has 2 N–H and O–H groups in total. The molecule has 0 spiro atoms. The van der Waals surface area contributed by atoms with Crippen molar-refractivity contribution < 1.29 is 13.9 Å². The van der Waals surface area contributed by atoms with E-state index in [2.05, 4.69) is 25.8 Å². The topological polar surface area (TPSA) is 81.2 Å². The zero-order chi connectivity index (χ0) is 18.5. The lowest BCUT2D eigenvalue weighted by atomic mass is 10.2. The number of benzene rings is 2. The molecule has 0 saturated heterocycles. The lowest BCUT2D eigenvalue weighted by Gasteiger charge is -2.13. The van der Waals surface area contributed by atoms with Crippen molar-refractivity contribution in [3.8, 4) is 11.5 Å². The van der Waals surface area contributed by atoms with E-state index < -0.39 is 0 Å². The first-order valence-corrected chi connectivity index (χ1v) is 7.87. The third kappa shape index (κ3) is 4.09. The summed E-state index contributed by atoms with van der Waals surface area (Å²) in [6.45, 7) is 0. The van der Waals surface area contributed by atoms with Crippen molar-refractivity contribution in [1.82, 2.24) is 15.2 Å². The van der Waals surface area contributed by atoms with Crippen LogP contribution < -0.4 is 20.1 Å². The number of hydrogen-bond acceptors (Lipinski definition) is 7. The Labute approximate surface area is 154 Å². The third-order valence-corrected chi connectivity index (χ3v) is 3.67. The molecular weight excluding hydrogens is 361 g/mol. The Morgan fingerprint density at radius 2 is 1.85 bits per heavy atom. The lowest BCUT2D eigenvalue weighted by molar-refractivity contribution is 0.405. The van der Waals surface area contributed by atoms with Crippen molar-refractivity contribution in [3.63, 3.8) is 0 Å². The molecule has 0 aliphatic rings. The number of nitrogens with zero attached hydrogens (tertiary/aromatic N) is 3. The van der Waals surface area contributed by atoms with Gasteiger partial charge in [0.15, 0.2) is 5.82 Å². The maximum absolute atomic E-state index is 13.3. The Morgan fingerprint density at radius 1 is 1.04 bits per heavy atom. The first-order valence-electron chi connectivity index (χ1n) is 7.50. The maximum atomic E-state index is 13.3. The Kier molecular flexibility index (Phi) is 5.33. The fourth-order valence-corrected chi connectivity index (χ4v) is 2.44. The van der Waals surface area contributed by atoms with Crippen molar-refractivity contribution in [3.05, 3.63) is 53.4 Å². The molecule has 0 aliphatic carbocycles. The normalized spacial score (nSPS) is 10.3. The van der Waals surface area contributed by atoms with Crippen LogP contribution in [0.15, 0.2) is 42.6 Å². The van der Waals surface area contributed by atoms with Crippen molar-refractivity contribution >= 4 is 34.7 Å². The highest BCUT2D eigenvalue weighted by atomic mass is 35.5. The predicted octanol–water partition coefficient (Wildman–Crippen LogP) is 4.17. The van der Waals surface area contributed by atoms with E-state index in [0.29, 0.717) is 33.7 Å². The van der Waals surface area contributed by atoms with Crippen LogP contribution in [0.5, 0.6) is 11.5 Å². The van der Waals surface area contributed by atoms with Crippen LogP contribution in [-0.2, 0) is 0 Å². The molecule has 0 unspecified atom stereocenters. The van der Waals surface area contributed by atoms with Gasteiger partial charge in [-0.3, -0.25) is 0 Å². The van der Waals surface area contributed by atoms with Gasteiger partial charge in [-0.05, 0) is 18.2 Å². The molecular formula is C17H15ClFN5O2. The fraction of sp³-hybridized carbons (Fsp3) is 0.118. The second-order valence-electron chi connectivity index (χ2n) is 5.11. The molecule has 0 saturated carbocycles. The van der Waals surface area contributed by atoms with Crippen LogP contribution in [0.4, 0.5) is 27.5 Å². The SMILES string of the molecule is COc1cc(Nc2nncc(Nc3cccc(F)c3)n2)c(OC)cc1Cl. The molecule has 1 aromatic heterocycles. The van der Waals surface area contributed by atoms with Gasteiger partial charge >= 0.3 is 0 Å². The first kappa shape index (κ1) is 17.7. The Morgan fingerprint density at radius 3 is 2.58 bits per heavy atom. The van der Waals surface area contributed by atoms with E-state index in [-0.39, 0.29) is 11.8 Å². The summed E-state index contributed by atoms with van der Waals surface area (Å²) in [5.74, 6) is 1.22. The molecule has 0 radical (unpaired) electrons. The Bertz CT molecular complexity index is 925. The van der Waals surface area contributed by atoms with Gasteiger partial charge in [-0.1, -0.05) is 17.7 Å². The summed E-state index contributed by atoms with van der Waals surface area (Å²) < 4.78 is 23.8. The second-order valence-corrected chi connectivity index (χ2v) is 5.52. The van der Waals surface area contributed by atoms with Gasteiger partial charge in [-0.25, -0.2) is 4.39 Å². The molecule has 26 heavy (non-hydrogen) atoms. The minimum absolute atomic E-state index is 0.217. The summed E-state index contributed by atoms with van der Waals surface area (Å²) in [6, 6.07) is 9.29. The van der Waals surface area contributed by atoms with E-state index in [0.717, 1.165) is 0 Å². The highest BCUT2D eigenvalue weighted by Gasteiger charge is 2.12. The largest absolute Gasteiger partial charge is 0.495 e. The molecule has 2 aromatic carbocycles. The van der Waals surface area contributed by atoms with Crippen LogP contribution >= 0.6 is 11.6 Å². The van der Waals surface area contributed by atoms with Crippen LogP contribution in [0.1, 0.15) is 0 Å². The number of rotatable bonds is 6. The predicted molar refractivity (Wildman–Crippen MR) is 97.3 cm³/mol. The quantitative estimate of drug-likeness (QED) is 0.669.